The molecule has 1 amide bonds. The van der Waals surface area contributed by atoms with Crippen LogP contribution in [-0.4, -0.2) is 36.0 Å². The van der Waals surface area contributed by atoms with E-state index in [9.17, 15) is 4.79 Å². The number of rotatable bonds is 5. The summed E-state index contributed by atoms with van der Waals surface area (Å²) in [6.07, 6.45) is 4.20. The SMILES string of the molecule is CC1(C)CSCC(NCCC(=O)NC2CC2)C1. The molecule has 98 valence electrons. The number of carbonyl (C=O) groups excluding carboxylic acids is 1. The Morgan fingerprint density at radius 2 is 2.12 bits per heavy atom. The first-order valence-electron chi connectivity index (χ1n) is 6.66. The highest BCUT2D eigenvalue weighted by atomic mass is 32.2. The second-order valence-electron chi connectivity index (χ2n) is 6.13. The molecule has 0 bridgehead atoms. The smallest absolute Gasteiger partial charge is 0.221 e. The fourth-order valence-electron chi connectivity index (χ4n) is 2.31. The molecule has 1 saturated heterocycles. The third-order valence-electron chi connectivity index (χ3n) is 3.34. The summed E-state index contributed by atoms with van der Waals surface area (Å²) in [6, 6.07) is 1.07. The minimum atomic E-state index is 0.211. The zero-order chi connectivity index (χ0) is 12.3. The number of amides is 1. The second kappa shape index (κ2) is 5.61. The molecule has 0 radical (unpaired) electrons. The van der Waals surface area contributed by atoms with Crippen LogP contribution < -0.4 is 10.6 Å². The molecule has 0 spiro atoms. The summed E-state index contributed by atoms with van der Waals surface area (Å²) < 4.78 is 0. The quantitative estimate of drug-likeness (QED) is 0.788. The monoisotopic (exact) mass is 256 g/mol. The highest BCUT2D eigenvalue weighted by Crippen LogP contribution is 2.33. The van der Waals surface area contributed by atoms with E-state index in [2.05, 4.69) is 24.5 Å². The highest BCUT2D eigenvalue weighted by molar-refractivity contribution is 7.99. The number of nitrogens with one attached hydrogen (secondary N) is 2. The van der Waals surface area contributed by atoms with Gasteiger partial charge in [-0.15, -0.1) is 0 Å². The molecule has 1 saturated carbocycles. The molecule has 2 fully saturated rings. The Labute approximate surface area is 108 Å². The van der Waals surface area contributed by atoms with Crippen LogP contribution in [0.15, 0.2) is 0 Å². The van der Waals surface area contributed by atoms with E-state index in [1.54, 1.807) is 0 Å². The van der Waals surface area contributed by atoms with Crippen molar-refractivity contribution in [3.63, 3.8) is 0 Å². The first kappa shape index (κ1) is 13.2. The molecule has 0 aromatic rings. The van der Waals surface area contributed by atoms with Gasteiger partial charge >= 0.3 is 0 Å². The Hall–Kier alpha value is -0.220. The summed E-state index contributed by atoms with van der Waals surface area (Å²) in [6.45, 7) is 5.47. The van der Waals surface area contributed by atoms with Gasteiger partial charge in [0, 0.05) is 30.8 Å². The van der Waals surface area contributed by atoms with Gasteiger partial charge in [0.2, 0.25) is 5.91 Å². The lowest BCUT2D eigenvalue weighted by molar-refractivity contribution is -0.121. The van der Waals surface area contributed by atoms with Gasteiger partial charge in [-0.25, -0.2) is 0 Å². The fourth-order valence-corrected chi connectivity index (χ4v) is 3.62. The van der Waals surface area contributed by atoms with Crippen LogP contribution in [0.2, 0.25) is 0 Å². The predicted octanol–water partition coefficient (Wildman–Crippen LogP) is 1.78. The predicted molar refractivity (Wildman–Crippen MR) is 73.3 cm³/mol. The largest absolute Gasteiger partial charge is 0.353 e. The average molecular weight is 256 g/mol. The van der Waals surface area contributed by atoms with E-state index in [-0.39, 0.29) is 5.91 Å². The van der Waals surface area contributed by atoms with E-state index in [0.717, 1.165) is 6.54 Å². The molecule has 2 N–H and O–H groups in total. The lowest BCUT2D eigenvalue weighted by atomic mass is 9.88. The molecule has 2 rings (SSSR count). The van der Waals surface area contributed by atoms with Gasteiger partial charge in [-0.1, -0.05) is 13.8 Å². The minimum absolute atomic E-state index is 0.211. The van der Waals surface area contributed by atoms with Crippen LogP contribution in [0, 0.1) is 5.41 Å². The fraction of sp³-hybridized carbons (Fsp3) is 0.923. The lowest BCUT2D eigenvalue weighted by Crippen LogP contribution is -2.41. The maximum atomic E-state index is 11.5. The Kier molecular flexibility index (Phi) is 4.36. The molecule has 1 heterocycles. The Bertz CT molecular complexity index is 277. The van der Waals surface area contributed by atoms with Gasteiger partial charge in [0.15, 0.2) is 0 Å². The molecule has 0 aromatic heterocycles. The molecule has 4 heteroatoms. The van der Waals surface area contributed by atoms with Crippen LogP contribution in [-0.2, 0) is 4.79 Å². The molecular formula is C13H24N2OS. The van der Waals surface area contributed by atoms with E-state index in [1.807, 2.05) is 11.8 Å². The first-order chi connectivity index (χ1) is 8.05. The second-order valence-corrected chi connectivity index (χ2v) is 7.16. The van der Waals surface area contributed by atoms with Crippen LogP contribution in [0.4, 0.5) is 0 Å². The van der Waals surface area contributed by atoms with Gasteiger partial charge in [-0.3, -0.25) is 4.79 Å². The van der Waals surface area contributed by atoms with Gasteiger partial charge in [0.1, 0.15) is 0 Å². The van der Waals surface area contributed by atoms with E-state index in [1.165, 1.54) is 30.8 Å². The van der Waals surface area contributed by atoms with Crippen molar-refractivity contribution in [1.29, 1.82) is 0 Å². The van der Waals surface area contributed by atoms with Gasteiger partial charge in [-0.05, 0) is 30.4 Å². The van der Waals surface area contributed by atoms with Crippen LogP contribution in [0.3, 0.4) is 0 Å². The topological polar surface area (TPSA) is 41.1 Å². The van der Waals surface area contributed by atoms with Crippen LogP contribution >= 0.6 is 11.8 Å². The molecule has 17 heavy (non-hydrogen) atoms. The number of carbonyl (C=O) groups is 1. The lowest BCUT2D eigenvalue weighted by Gasteiger charge is -2.35. The van der Waals surface area contributed by atoms with Gasteiger partial charge in [-0.2, -0.15) is 11.8 Å². The summed E-state index contributed by atoms with van der Waals surface area (Å²) in [4.78, 5) is 11.5. The van der Waals surface area contributed by atoms with Crippen molar-refractivity contribution in [2.24, 2.45) is 5.41 Å². The summed E-state index contributed by atoms with van der Waals surface area (Å²) in [7, 11) is 0. The summed E-state index contributed by atoms with van der Waals surface area (Å²) >= 11 is 2.03. The zero-order valence-electron chi connectivity index (χ0n) is 10.9. The number of hydrogen-bond acceptors (Lipinski definition) is 3. The summed E-state index contributed by atoms with van der Waals surface area (Å²) in [5, 5.41) is 6.54. The maximum Gasteiger partial charge on any atom is 0.221 e. The van der Waals surface area contributed by atoms with E-state index < -0.39 is 0 Å². The molecule has 1 unspecified atom stereocenters. The van der Waals surface area contributed by atoms with E-state index >= 15 is 0 Å². The third kappa shape index (κ3) is 4.88. The van der Waals surface area contributed by atoms with Crippen molar-refractivity contribution in [3.8, 4) is 0 Å². The van der Waals surface area contributed by atoms with Crippen molar-refractivity contribution >= 4 is 17.7 Å². The molecule has 0 aromatic carbocycles. The molecule has 2 aliphatic rings. The van der Waals surface area contributed by atoms with Crippen molar-refractivity contribution in [1.82, 2.24) is 10.6 Å². The Morgan fingerprint density at radius 1 is 1.35 bits per heavy atom. The summed E-state index contributed by atoms with van der Waals surface area (Å²) in [5.74, 6) is 2.66. The van der Waals surface area contributed by atoms with Crippen molar-refractivity contribution < 1.29 is 4.79 Å². The van der Waals surface area contributed by atoms with Gasteiger partial charge in [0.05, 0.1) is 0 Å². The van der Waals surface area contributed by atoms with Crippen LogP contribution in [0.5, 0.6) is 0 Å². The molecule has 1 aliphatic heterocycles. The molecule has 1 atom stereocenters. The van der Waals surface area contributed by atoms with E-state index in [4.69, 9.17) is 0 Å². The van der Waals surface area contributed by atoms with Crippen molar-refractivity contribution in [2.45, 2.75) is 51.6 Å². The Morgan fingerprint density at radius 3 is 2.76 bits per heavy atom. The minimum Gasteiger partial charge on any atom is -0.353 e. The number of hydrogen-bond donors (Lipinski definition) is 2. The molecular weight excluding hydrogens is 232 g/mol. The normalized spacial score (nSPS) is 27.8. The van der Waals surface area contributed by atoms with E-state index in [0.29, 0.717) is 23.9 Å². The zero-order valence-corrected chi connectivity index (χ0v) is 11.7. The van der Waals surface area contributed by atoms with Gasteiger partial charge < -0.3 is 10.6 Å². The maximum absolute atomic E-state index is 11.5. The third-order valence-corrected chi connectivity index (χ3v) is 4.96. The average Bonchev–Trinajstić information content (AvgIpc) is 3.00. The summed E-state index contributed by atoms with van der Waals surface area (Å²) in [5.41, 5.74) is 0.441. The van der Waals surface area contributed by atoms with Crippen molar-refractivity contribution in [2.75, 3.05) is 18.1 Å². The highest BCUT2D eigenvalue weighted by Gasteiger charge is 2.28. The Balaban J connectivity index is 1.59. The molecule has 1 aliphatic carbocycles. The number of thioether (sulfide) groups is 1. The van der Waals surface area contributed by atoms with Crippen molar-refractivity contribution in [3.05, 3.63) is 0 Å². The van der Waals surface area contributed by atoms with Crippen LogP contribution in [0.1, 0.15) is 39.5 Å². The van der Waals surface area contributed by atoms with Gasteiger partial charge in [0.25, 0.3) is 0 Å². The standard InChI is InChI=1S/C13H24N2OS/c1-13(2)7-11(8-17-9-13)14-6-5-12(16)15-10-3-4-10/h10-11,14H,3-9H2,1-2H3,(H,15,16). The van der Waals surface area contributed by atoms with Crippen LogP contribution in [0.25, 0.3) is 0 Å². The molecule has 3 nitrogen and oxygen atoms in total. The first-order valence-corrected chi connectivity index (χ1v) is 7.81.